The first-order valence-corrected chi connectivity index (χ1v) is 12.9. The molecule has 0 aliphatic carbocycles. The van der Waals surface area contributed by atoms with Crippen molar-refractivity contribution in [1.82, 2.24) is 10.3 Å². The van der Waals surface area contributed by atoms with Crippen LogP contribution < -0.4 is 15.8 Å². The minimum Gasteiger partial charge on any atom is -0.384 e. The molecule has 0 saturated carbocycles. The molecule has 0 aliphatic heterocycles. The molecule has 0 aliphatic rings. The first kappa shape index (κ1) is 24.0. The van der Waals surface area contributed by atoms with Gasteiger partial charge in [-0.1, -0.05) is 60.7 Å². The summed E-state index contributed by atoms with van der Waals surface area (Å²) in [5.41, 5.74) is 8.34. The number of para-hydroxylation sites is 1. The van der Waals surface area contributed by atoms with E-state index < -0.39 is 10.0 Å². The van der Waals surface area contributed by atoms with Gasteiger partial charge in [0.25, 0.3) is 15.9 Å². The monoisotopic (exact) mass is 509 g/mol. The molecule has 37 heavy (non-hydrogen) atoms. The molecule has 5 rings (SSSR count). The maximum Gasteiger partial charge on any atom is 0.261 e. The molecule has 9 heteroatoms. The van der Waals surface area contributed by atoms with Crippen LogP contribution in [0.2, 0.25) is 0 Å². The minimum atomic E-state index is -3.90. The highest BCUT2D eigenvalue weighted by molar-refractivity contribution is 7.92. The summed E-state index contributed by atoms with van der Waals surface area (Å²) >= 11 is 0. The van der Waals surface area contributed by atoms with Crippen LogP contribution >= 0.6 is 0 Å². The fraction of sp³-hybridized carbons (Fsp3) is 0.0357. The van der Waals surface area contributed by atoms with Crippen molar-refractivity contribution < 1.29 is 13.2 Å². The van der Waals surface area contributed by atoms with Gasteiger partial charge in [0.15, 0.2) is 0 Å². The van der Waals surface area contributed by atoms with Gasteiger partial charge in [-0.15, -0.1) is 0 Å². The molecule has 0 saturated heterocycles. The molecular weight excluding hydrogens is 486 g/mol. The molecule has 184 valence electrons. The standard InChI is InChI=1S/C28H23N5O3S/c29-27(30)20-11-9-18(10-12-20)17-32-28(34)24-7-1-5-21-16-22(13-14-23(21)24)37(35,36)33-25-8-2-4-19-6-3-15-31-26(19)25/h1-16,33H,17H2,(H3,29,30)(H,32,34). The quantitative estimate of drug-likeness (QED) is 0.190. The van der Waals surface area contributed by atoms with Crippen LogP contribution in [-0.4, -0.2) is 25.1 Å². The van der Waals surface area contributed by atoms with Crippen LogP contribution in [0.4, 0.5) is 5.69 Å². The Morgan fingerprint density at radius 3 is 2.41 bits per heavy atom. The highest BCUT2D eigenvalue weighted by Gasteiger charge is 2.18. The van der Waals surface area contributed by atoms with E-state index in [1.54, 1.807) is 79.0 Å². The maximum absolute atomic E-state index is 13.2. The average molecular weight is 510 g/mol. The van der Waals surface area contributed by atoms with Crippen LogP contribution in [0.25, 0.3) is 21.7 Å². The molecule has 8 nitrogen and oxygen atoms in total. The number of nitrogens with zero attached hydrogens (tertiary/aromatic N) is 1. The maximum atomic E-state index is 13.2. The van der Waals surface area contributed by atoms with E-state index in [0.717, 1.165) is 10.9 Å². The number of anilines is 1. The number of sulfonamides is 1. The second-order valence-electron chi connectivity index (χ2n) is 8.47. The second-order valence-corrected chi connectivity index (χ2v) is 10.2. The first-order chi connectivity index (χ1) is 17.8. The second kappa shape index (κ2) is 9.71. The Hall–Kier alpha value is -4.76. The lowest BCUT2D eigenvalue weighted by Crippen LogP contribution is -2.23. The zero-order valence-corrected chi connectivity index (χ0v) is 20.4. The van der Waals surface area contributed by atoms with Crippen LogP contribution in [0.5, 0.6) is 0 Å². The number of carbonyl (C=O) groups is 1. The number of amidine groups is 1. The third-order valence-electron chi connectivity index (χ3n) is 6.00. The van der Waals surface area contributed by atoms with E-state index in [1.807, 2.05) is 12.1 Å². The molecule has 4 aromatic carbocycles. The van der Waals surface area contributed by atoms with Crippen LogP contribution in [0.15, 0.2) is 102 Å². The van der Waals surface area contributed by atoms with Gasteiger partial charge in [0.1, 0.15) is 5.84 Å². The van der Waals surface area contributed by atoms with Crippen molar-refractivity contribution in [2.75, 3.05) is 4.72 Å². The summed E-state index contributed by atoms with van der Waals surface area (Å²) in [6.07, 6.45) is 1.61. The van der Waals surface area contributed by atoms with E-state index in [-0.39, 0.29) is 16.6 Å². The number of rotatable bonds is 7. The molecule has 0 unspecified atom stereocenters. The lowest BCUT2D eigenvalue weighted by atomic mass is 10.0. The highest BCUT2D eigenvalue weighted by Crippen LogP contribution is 2.27. The van der Waals surface area contributed by atoms with Crippen molar-refractivity contribution in [3.63, 3.8) is 0 Å². The van der Waals surface area contributed by atoms with Gasteiger partial charge in [-0.3, -0.25) is 19.9 Å². The number of fused-ring (bicyclic) bond motifs is 2. The number of nitrogen functional groups attached to an aromatic ring is 1. The van der Waals surface area contributed by atoms with E-state index in [2.05, 4.69) is 15.0 Å². The van der Waals surface area contributed by atoms with Crippen molar-refractivity contribution >= 4 is 49.1 Å². The largest absolute Gasteiger partial charge is 0.384 e. The summed E-state index contributed by atoms with van der Waals surface area (Å²) in [5.74, 6) is -0.298. The lowest BCUT2D eigenvalue weighted by molar-refractivity contribution is 0.0952. The number of benzene rings is 4. The summed E-state index contributed by atoms with van der Waals surface area (Å²) in [5, 5.41) is 12.4. The van der Waals surface area contributed by atoms with Crippen LogP contribution in [-0.2, 0) is 16.6 Å². The van der Waals surface area contributed by atoms with Crippen molar-refractivity contribution in [2.24, 2.45) is 5.73 Å². The number of pyridine rings is 1. The smallest absolute Gasteiger partial charge is 0.261 e. The summed E-state index contributed by atoms with van der Waals surface area (Å²) in [6, 6.07) is 25.9. The Kier molecular flexibility index (Phi) is 6.29. The van der Waals surface area contributed by atoms with E-state index in [0.29, 0.717) is 39.6 Å². The van der Waals surface area contributed by atoms with Gasteiger partial charge in [-0.25, -0.2) is 8.42 Å². The normalized spacial score (nSPS) is 11.4. The predicted molar refractivity (Wildman–Crippen MR) is 145 cm³/mol. The fourth-order valence-electron chi connectivity index (χ4n) is 4.10. The summed E-state index contributed by atoms with van der Waals surface area (Å²) < 4.78 is 29.0. The fourth-order valence-corrected chi connectivity index (χ4v) is 5.20. The topological polar surface area (TPSA) is 138 Å². The predicted octanol–water partition coefficient (Wildman–Crippen LogP) is 4.40. The summed E-state index contributed by atoms with van der Waals surface area (Å²) in [7, 11) is -3.90. The molecule has 5 N–H and O–H groups in total. The average Bonchev–Trinajstić information content (AvgIpc) is 2.91. The van der Waals surface area contributed by atoms with Crippen LogP contribution in [0, 0.1) is 5.41 Å². The van der Waals surface area contributed by atoms with E-state index >= 15 is 0 Å². The zero-order valence-electron chi connectivity index (χ0n) is 19.6. The van der Waals surface area contributed by atoms with Crippen molar-refractivity contribution in [3.8, 4) is 0 Å². The Balaban J connectivity index is 1.38. The molecule has 5 aromatic rings. The SMILES string of the molecule is N=C(N)c1ccc(CNC(=O)c2cccc3cc(S(=O)(=O)Nc4cccc5cccnc45)ccc23)cc1. The molecule has 1 heterocycles. The number of aromatic nitrogens is 1. The van der Waals surface area contributed by atoms with Gasteiger partial charge < -0.3 is 11.1 Å². The number of hydrogen-bond donors (Lipinski definition) is 4. The van der Waals surface area contributed by atoms with Crippen LogP contribution in [0.3, 0.4) is 0 Å². The Bertz CT molecular complexity index is 1760. The Morgan fingerprint density at radius 1 is 0.892 bits per heavy atom. The van der Waals surface area contributed by atoms with Crippen molar-refractivity contribution in [3.05, 3.63) is 114 Å². The molecule has 1 aromatic heterocycles. The Morgan fingerprint density at radius 2 is 1.62 bits per heavy atom. The van der Waals surface area contributed by atoms with Gasteiger partial charge in [-0.2, -0.15) is 0 Å². The van der Waals surface area contributed by atoms with Gasteiger partial charge in [-0.05, 0) is 46.7 Å². The third-order valence-corrected chi connectivity index (χ3v) is 7.37. The van der Waals surface area contributed by atoms with Gasteiger partial charge in [0, 0.05) is 29.3 Å². The number of hydrogen-bond acceptors (Lipinski definition) is 5. The zero-order chi connectivity index (χ0) is 26.0. The molecular formula is C28H23N5O3S. The molecule has 0 radical (unpaired) electrons. The molecule has 0 spiro atoms. The number of carbonyl (C=O) groups excluding carboxylic acids is 1. The lowest BCUT2D eigenvalue weighted by Gasteiger charge is -2.12. The summed E-state index contributed by atoms with van der Waals surface area (Å²) in [6.45, 7) is 0.295. The van der Waals surface area contributed by atoms with E-state index in [4.69, 9.17) is 11.1 Å². The molecule has 0 fully saturated rings. The van der Waals surface area contributed by atoms with E-state index in [1.165, 1.54) is 6.07 Å². The number of nitrogens with two attached hydrogens (primary N) is 1. The minimum absolute atomic E-state index is 0.0169. The Labute approximate surface area is 213 Å². The van der Waals surface area contributed by atoms with Crippen molar-refractivity contribution in [1.29, 1.82) is 5.41 Å². The number of amides is 1. The van der Waals surface area contributed by atoms with Gasteiger partial charge >= 0.3 is 0 Å². The molecule has 1 amide bonds. The third kappa shape index (κ3) is 4.98. The van der Waals surface area contributed by atoms with Gasteiger partial charge in [0.05, 0.1) is 16.1 Å². The first-order valence-electron chi connectivity index (χ1n) is 11.4. The van der Waals surface area contributed by atoms with Gasteiger partial charge in [0.2, 0.25) is 0 Å². The molecule has 0 atom stereocenters. The highest BCUT2D eigenvalue weighted by atomic mass is 32.2. The van der Waals surface area contributed by atoms with E-state index in [9.17, 15) is 13.2 Å². The van der Waals surface area contributed by atoms with Crippen LogP contribution in [0.1, 0.15) is 21.5 Å². The molecule has 0 bridgehead atoms. The number of nitrogens with one attached hydrogen (secondary N) is 3. The summed E-state index contributed by atoms with van der Waals surface area (Å²) in [4.78, 5) is 17.3. The van der Waals surface area contributed by atoms with Crippen molar-refractivity contribution in [2.45, 2.75) is 11.4 Å².